The molecular weight excluding hydrogens is 492 g/mol. The van der Waals surface area contributed by atoms with E-state index in [0.29, 0.717) is 75.1 Å². The largest absolute Gasteiger partial charge is 0.493 e. The molecule has 11 heteroatoms. The molecule has 1 aliphatic heterocycles. The van der Waals surface area contributed by atoms with Crippen molar-refractivity contribution in [3.05, 3.63) is 52.1 Å². The van der Waals surface area contributed by atoms with Crippen LogP contribution in [0.25, 0.3) is 10.9 Å². The molecule has 2 aliphatic carbocycles. The van der Waals surface area contributed by atoms with Crippen molar-refractivity contribution in [2.75, 3.05) is 41.0 Å². The molecule has 0 bridgehead atoms. The number of likely N-dealkylation sites (tertiary alicyclic amines) is 1. The SMILES string of the molecule is COC(=O)c1c(C)[nH]c2c1[C@@]13C[C@@H]1CN(C(=O)c1cc4cc(OC)c(OCCN)c(OC)c4[nH]1)C3=CC2=O. The van der Waals surface area contributed by atoms with E-state index in [1.807, 2.05) is 0 Å². The molecule has 11 nitrogen and oxygen atoms in total. The predicted molar refractivity (Wildman–Crippen MR) is 136 cm³/mol. The third-order valence-electron chi connectivity index (χ3n) is 7.85. The van der Waals surface area contributed by atoms with Gasteiger partial charge in [-0.05, 0) is 31.4 Å². The van der Waals surface area contributed by atoms with Gasteiger partial charge in [0.15, 0.2) is 11.5 Å². The van der Waals surface area contributed by atoms with Crippen molar-refractivity contribution >= 4 is 28.6 Å². The summed E-state index contributed by atoms with van der Waals surface area (Å²) in [4.78, 5) is 47.6. The minimum absolute atomic E-state index is 0.0958. The number of ether oxygens (including phenoxy) is 4. The number of esters is 1. The molecule has 2 aromatic heterocycles. The monoisotopic (exact) mass is 520 g/mol. The number of nitrogens with zero attached hydrogens (tertiary/aromatic N) is 1. The number of benzene rings is 1. The number of nitrogens with two attached hydrogens (primary N) is 1. The van der Waals surface area contributed by atoms with Gasteiger partial charge in [-0.2, -0.15) is 0 Å². The van der Waals surface area contributed by atoms with Crippen LogP contribution in [0.1, 0.15) is 49.0 Å². The van der Waals surface area contributed by atoms with Gasteiger partial charge >= 0.3 is 5.97 Å². The topological polar surface area (TPSA) is 149 Å². The van der Waals surface area contributed by atoms with Crippen LogP contribution in [0.15, 0.2) is 23.9 Å². The zero-order chi connectivity index (χ0) is 26.9. The minimum Gasteiger partial charge on any atom is -0.493 e. The molecule has 4 N–H and O–H groups in total. The van der Waals surface area contributed by atoms with Crippen LogP contribution in [0, 0.1) is 12.8 Å². The third-order valence-corrected chi connectivity index (χ3v) is 7.85. The quantitative estimate of drug-likeness (QED) is 0.402. The molecule has 1 amide bonds. The molecule has 1 spiro atoms. The Morgan fingerprint density at radius 3 is 2.63 bits per heavy atom. The first-order valence-corrected chi connectivity index (χ1v) is 12.3. The fourth-order valence-corrected chi connectivity index (χ4v) is 6.18. The summed E-state index contributed by atoms with van der Waals surface area (Å²) >= 11 is 0. The standard InChI is InChI=1S/C27H28N4O7/c1-12-19(26(34)37-4)20-22(29-12)16(32)9-18-27(20)10-14(27)11-31(18)25(33)15-7-13-8-17(35-2)23(38-6-5-28)24(36-3)21(13)30-15/h7-9,14,29-30H,5-6,10-11,28H2,1-4H3/t14-,27+/m1/s1. The Morgan fingerprint density at radius 1 is 1.16 bits per heavy atom. The Balaban J connectivity index is 1.41. The number of H-pyrrole nitrogens is 2. The number of aromatic nitrogens is 2. The number of carbonyl (C=O) groups excluding carboxylic acids is 3. The van der Waals surface area contributed by atoms with Crippen molar-refractivity contribution in [3.8, 4) is 17.2 Å². The Labute approximate surface area is 217 Å². The van der Waals surface area contributed by atoms with Gasteiger partial charge in [0, 0.05) is 46.9 Å². The number of piperidine rings is 1. The van der Waals surface area contributed by atoms with Crippen LogP contribution in [0.2, 0.25) is 0 Å². The number of hydrogen-bond acceptors (Lipinski definition) is 8. The van der Waals surface area contributed by atoms with Crippen LogP contribution in [0.3, 0.4) is 0 Å². The first kappa shape index (κ1) is 24.1. The first-order valence-electron chi connectivity index (χ1n) is 12.3. The maximum absolute atomic E-state index is 13.9. The minimum atomic E-state index is -0.566. The van der Waals surface area contributed by atoms with Crippen LogP contribution in [-0.2, 0) is 10.2 Å². The van der Waals surface area contributed by atoms with E-state index in [0.717, 1.165) is 6.42 Å². The number of carbonyl (C=O) groups is 3. The molecule has 2 fully saturated rings. The second kappa shape index (κ2) is 8.38. The van der Waals surface area contributed by atoms with Crippen LogP contribution in [0.5, 0.6) is 17.2 Å². The van der Waals surface area contributed by atoms with Crippen LogP contribution >= 0.6 is 0 Å². The van der Waals surface area contributed by atoms with E-state index in [-0.39, 0.29) is 24.2 Å². The maximum Gasteiger partial charge on any atom is 0.340 e. The highest BCUT2D eigenvalue weighted by molar-refractivity contribution is 6.12. The van der Waals surface area contributed by atoms with Gasteiger partial charge in [-0.15, -0.1) is 0 Å². The highest BCUT2D eigenvalue weighted by Crippen LogP contribution is 2.67. The first-order chi connectivity index (χ1) is 18.3. The van der Waals surface area contributed by atoms with Gasteiger partial charge in [0.1, 0.15) is 12.3 Å². The van der Waals surface area contributed by atoms with Gasteiger partial charge in [-0.3, -0.25) is 9.59 Å². The molecule has 1 saturated heterocycles. The Bertz CT molecular complexity index is 1570. The van der Waals surface area contributed by atoms with Crippen LogP contribution < -0.4 is 19.9 Å². The third kappa shape index (κ3) is 3.08. The zero-order valence-electron chi connectivity index (χ0n) is 21.5. The van der Waals surface area contributed by atoms with E-state index in [9.17, 15) is 14.4 Å². The van der Waals surface area contributed by atoms with Crippen LogP contribution in [-0.4, -0.2) is 73.6 Å². The number of rotatable bonds is 7. The van der Waals surface area contributed by atoms with E-state index in [4.69, 9.17) is 24.7 Å². The van der Waals surface area contributed by atoms with Crippen molar-refractivity contribution in [2.45, 2.75) is 18.8 Å². The zero-order valence-corrected chi connectivity index (χ0v) is 21.5. The summed E-state index contributed by atoms with van der Waals surface area (Å²) in [6.45, 7) is 2.76. The van der Waals surface area contributed by atoms with E-state index in [1.165, 1.54) is 27.4 Å². The van der Waals surface area contributed by atoms with Gasteiger partial charge in [-0.25, -0.2) is 4.79 Å². The lowest BCUT2D eigenvalue weighted by molar-refractivity contribution is 0.0598. The molecule has 2 atom stereocenters. The number of fused-ring (bicyclic) bond motifs is 2. The lowest BCUT2D eigenvalue weighted by Gasteiger charge is -2.28. The summed E-state index contributed by atoms with van der Waals surface area (Å²) in [6, 6.07) is 3.49. The van der Waals surface area contributed by atoms with Crippen molar-refractivity contribution in [3.63, 3.8) is 0 Å². The van der Waals surface area contributed by atoms with E-state index < -0.39 is 11.4 Å². The van der Waals surface area contributed by atoms with Gasteiger partial charge in [0.05, 0.1) is 38.1 Å². The molecule has 198 valence electrons. The number of nitrogens with one attached hydrogen (secondary N) is 2. The van der Waals surface area contributed by atoms with Crippen molar-refractivity contribution in [1.82, 2.24) is 14.9 Å². The van der Waals surface area contributed by atoms with E-state index in [1.54, 1.807) is 24.0 Å². The highest BCUT2D eigenvalue weighted by atomic mass is 16.5. The number of allylic oxidation sites excluding steroid dienone is 2. The number of methoxy groups -OCH3 is 3. The van der Waals surface area contributed by atoms with E-state index in [2.05, 4.69) is 9.97 Å². The number of aryl methyl sites for hydroxylation is 1. The average molecular weight is 521 g/mol. The Morgan fingerprint density at radius 2 is 1.95 bits per heavy atom. The number of aromatic amines is 2. The summed E-state index contributed by atoms with van der Waals surface area (Å²) in [5, 5.41) is 0.700. The van der Waals surface area contributed by atoms with Crippen molar-refractivity contribution in [1.29, 1.82) is 0 Å². The normalized spacial score (nSPS) is 21.0. The summed E-state index contributed by atoms with van der Waals surface area (Å²) < 4.78 is 21.9. The molecule has 1 aromatic carbocycles. The fourth-order valence-electron chi connectivity index (χ4n) is 6.18. The lowest BCUT2D eigenvalue weighted by Crippen LogP contribution is -2.34. The van der Waals surface area contributed by atoms with Gasteiger partial charge in [0.25, 0.3) is 5.91 Å². The fraction of sp³-hybridized carbons (Fsp3) is 0.370. The molecule has 1 saturated carbocycles. The number of amides is 1. The molecule has 3 aliphatic rings. The molecule has 0 radical (unpaired) electrons. The maximum atomic E-state index is 13.9. The summed E-state index contributed by atoms with van der Waals surface area (Å²) in [7, 11) is 4.36. The second-order valence-electron chi connectivity index (χ2n) is 9.77. The second-order valence-corrected chi connectivity index (χ2v) is 9.77. The van der Waals surface area contributed by atoms with Gasteiger partial charge in [-0.1, -0.05) is 0 Å². The smallest absolute Gasteiger partial charge is 0.340 e. The number of ketones is 1. The lowest BCUT2D eigenvalue weighted by atomic mass is 9.82. The molecule has 6 rings (SSSR count). The summed E-state index contributed by atoms with van der Waals surface area (Å²) in [6.07, 6.45) is 2.28. The Hall–Kier alpha value is -4.25. The molecule has 0 unspecified atom stereocenters. The number of hydrogen-bond donors (Lipinski definition) is 3. The van der Waals surface area contributed by atoms with Crippen molar-refractivity contribution in [2.24, 2.45) is 11.7 Å². The molecule has 3 heterocycles. The summed E-state index contributed by atoms with van der Waals surface area (Å²) in [5.74, 6) is 0.285. The highest BCUT2D eigenvalue weighted by Gasteiger charge is 2.69. The van der Waals surface area contributed by atoms with Gasteiger partial charge < -0.3 is 39.5 Å². The van der Waals surface area contributed by atoms with Crippen molar-refractivity contribution < 1.29 is 33.3 Å². The van der Waals surface area contributed by atoms with Crippen LogP contribution in [0.4, 0.5) is 0 Å². The van der Waals surface area contributed by atoms with E-state index >= 15 is 0 Å². The Kier molecular flexibility index (Phi) is 5.32. The average Bonchev–Trinajstić information content (AvgIpc) is 3.19. The molecule has 3 aromatic rings. The molecular formula is C27H28N4O7. The van der Waals surface area contributed by atoms with Gasteiger partial charge in [0.2, 0.25) is 11.5 Å². The molecule has 38 heavy (non-hydrogen) atoms. The summed E-state index contributed by atoms with van der Waals surface area (Å²) in [5.41, 5.74) is 8.57. The predicted octanol–water partition coefficient (Wildman–Crippen LogP) is 2.44.